The van der Waals surface area contributed by atoms with Gasteiger partial charge < -0.3 is 10.4 Å². The van der Waals surface area contributed by atoms with E-state index in [1.54, 1.807) is 6.92 Å². The molecule has 1 amide bonds. The van der Waals surface area contributed by atoms with Gasteiger partial charge in [-0.2, -0.15) is 0 Å². The van der Waals surface area contributed by atoms with E-state index in [-0.39, 0.29) is 5.91 Å². The number of carboxylic acids is 1. The summed E-state index contributed by atoms with van der Waals surface area (Å²) in [5.41, 5.74) is 0.731. The SMILES string of the molecule is CCCCCC(=O)NC(C(=O)O)c1ccc(F)c(C)c1. The molecule has 0 radical (unpaired) electrons. The van der Waals surface area contributed by atoms with Crippen molar-refractivity contribution in [1.29, 1.82) is 0 Å². The monoisotopic (exact) mass is 281 g/mol. The largest absolute Gasteiger partial charge is 0.479 e. The van der Waals surface area contributed by atoms with Crippen LogP contribution in [0.15, 0.2) is 18.2 Å². The van der Waals surface area contributed by atoms with Gasteiger partial charge in [-0.25, -0.2) is 9.18 Å². The number of benzene rings is 1. The number of aliphatic carboxylic acids is 1. The van der Waals surface area contributed by atoms with E-state index in [0.717, 1.165) is 19.3 Å². The number of hydrogen-bond donors (Lipinski definition) is 2. The van der Waals surface area contributed by atoms with Crippen LogP contribution in [-0.2, 0) is 9.59 Å². The average Bonchev–Trinajstić information content (AvgIpc) is 2.39. The van der Waals surface area contributed by atoms with Crippen molar-refractivity contribution in [3.8, 4) is 0 Å². The zero-order chi connectivity index (χ0) is 15.1. The normalized spacial score (nSPS) is 11.9. The molecule has 1 unspecified atom stereocenters. The molecule has 0 aromatic heterocycles. The maximum Gasteiger partial charge on any atom is 0.330 e. The predicted octanol–water partition coefficient (Wildman–Crippen LogP) is 2.96. The van der Waals surface area contributed by atoms with Gasteiger partial charge in [0.05, 0.1) is 0 Å². The fraction of sp³-hybridized carbons (Fsp3) is 0.467. The van der Waals surface area contributed by atoms with Gasteiger partial charge >= 0.3 is 5.97 Å². The minimum absolute atomic E-state index is 0.298. The number of carboxylic acid groups (broad SMARTS) is 1. The minimum Gasteiger partial charge on any atom is -0.479 e. The van der Waals surface area contributed by atoms with E-state index in [9.17, 15) is 19.1 Å². The zero-order valence-corrected chi connectivity index (χ0v) is 11.8. The van der Waals surface area contributed by atoms with E-state index in [0.29, 0.717) is 17.5 Å². The van der Waals surface area contributed by atoms with Crippen molar-refractivity contribution in [2.45, 2.75) is 45.6 Å². The predicted molar refractivity (Wildman–Crippen MR) is 73.8 cm³/mol. The number of hydrogen-bond acceptors (Lipinski definition) is 2. The smallest absolute Gasteiger partial charge is 0.330 e. The van der Waals surface area contributed by atoms with E-state index in [2.05, 4.69) is 5.32 Å². The lowest BCUT2D eigenvalue weighted by Gasteiger charge is -2.15. The lowest BCUT2D eigenvalue weighted by atomic mass is 10.0. The molecule has 1 rings (SSSR count). The Morgan fingerprint density at radius 3 is 2.60 bits per heavy atom. The summed E-state index contributed by atoms with van der Waals surface area (Å²) in [4.78, 5) is 23.0. The second-order valence-electron chi connectivity index (χ2n) is 4.80. The maximum absolute atomic E-state index is 13.2. The van der Waals surface area contributed by atoms with Crippen molar-refractivity contribution in [2.75, 3.05) is 0 Å². The summed E-state index contributed by atoms with van der Waals surface area (Å²) in [6, 6.07) is 2.90. The molecule has 0 aliphatic heterocycles. The summed E-state index contributed by atoms with van der Waals surface area (Å²) in [6.07, 6.45) is 2.96. The lowest BCUT2D eigenvalue weighted by molar-refractivity contribution is -0.142. The van der Waals surface area contributed by atoms with Gasteiger partial charge in [-0.1, -0.05) is 31.9 Å². The van der Waals surface area contributed by atoms with Gasteiger partial charge in [-0.15, -0.1) is 0 Å². The first-order valence-electron chi connectivity index (χ1n) is 6.74. The van der Waals surface area contributed by atoms with Gasteiger partial charge in [0.1, 0.15) is 5.82 Å². The number of aryl methyl sites for hydroxylation is 1. The Morgan fingerprint density at radius 1 is 1.35 bits per heavy atom. The number of halogens is 1. The van der Waals surface area contributed by atoms with Crippen LogP contribution in [0, 0.1) is 12.7 Å². The lowest BCUT2D eigenvalue weighted by Crippen LogP contribution is -2.33. The summed E-state index contributed by atoms with van der Waals surface area (Å²) in [6.45, 7) is 3.58. The second-order valence-corrected chi connectivity index (χ2v) is 4.80. The average molecular weight is 281 g/mol. The van der Waals surface area contributed by atoms with Crippen LogP contribution in [-0.4, -0.2) is 17.0 Å². The molecule has 0 saturated heterocycles. The van der Waals surface area contributed by atoms with Crippen LogP contribution in [0.2, 0.25) is 0 Å². The molecule has 5 heteroatoms. The molecule has 0 aliphatic carbocycles. The van der Waals surface area contributed by atoms with Crippen LogP contribution >= 0.6 is 0 Å². The molecule has 4 nitrogen and oxygen atoms in total. The molecule has 0 fully saturated rings. The van der Waals surface area contributed by atoms with Gasteiger partial charge in [0.25, 0.3) is 0 Å². The van der Waals surface area contributed by atoms with E-state index >= 15 is 0 Å². The van der Waals surface area contributed by atoms with Crippen LogP contribution in [0.4, 0.5) is 4.39 Å². The minimum atomic E-state index is -1.15. The molecule has 2 N–H and O–H groups in total. The standard InChI is InChI=1S/C15H20FNO3/c1-3-4-5-6-13(18)17-14(15(19)20)11-7-8-12(16)10(2)9-11/h7-9,14H,3-6H2,1-2H3,(H,17,18)(H,19,20). The third-order valence-electron chi connectivity index (χ3n) is 3.08. The Balaban J connectivity index is 2.76. The second kappa shape index (κ2) is 7.62. The Kier molecular flexibility index (Phi) is 6.15. The molecule has 0 spiro atoms. The van der Waals surface area contributed by atoms with E-state index in [1.807, 2.05) is 6.92 Å². The molecule has 1 aromatic rings. The highest BCUT2D eigenvalue weighted by molar-refractivity contribution is 5.84. The first-order valence-corrected chi connectivity index (χ1v) is 6.74. The maximum atomic E-state index is 13.2. The summed E-state index contributed by atoms with van der Waals surface area (Å²) < 4.78 is 13.2. The first kappa shape index (κ1) is 16.1. The van der Waals surface area contributed by atoms with Crippen molar-refractivity contribution in [1.82, 2.24) is 5.32 Å². The number of nitrogens with one attached hydrogen (secondary N) is 1. The Bertz CT molecular complexity index is 488. The number of amides is 1. The van der Waals surface area contributed by atoms with Gasteiger partial charge in [0.15, 0.2) is 6.04 Å². The molecule has 0 heterocycles. The van der Waals surface area contributed by atoms with E-state index < -0.39 is 17.8 Å². The van der Waals surface area contributed by atoms with E-state index in [1.165, 1.54) is 18.2 Å². The van der Waals surface area contributed by atoms with Crippen LogP contribution in [0.1, 0.15) is 49.8 Å². The van der Waals surface area contributed by atoms with E-state index in [4.69, 9.17) is 0 Å². The van der Waals surface area contributed by atoms with Crippen molar-refractivity contribution in [3.05, 3.63) is 35.1 Å². The fourth-order valence-corrected chi connectivity index (χ4v) is 1.90. The highest BCUT2D eigenvalue weighted by Crippen LogP contribution is 2.17. The molecule has 0 saturated carbocycles. The molecule has 110 valence electrons. The number of carbonyl (C=O) groups is 2. The van der Waals surface area contributed by atoms with Gasteiger partial charge in [0.2, 0.25) is 5.91 Å². The number of carbonyl (C=O) groups excluding carboxylic acids is 1. The molecular formula is C15H20FNO3. The molecule has 0 aliphatic rings. The molecule has 0 bridgehead atoms. The molecule has 1 atom stereocenters. The highest BCUT2D eigenvalue weighted by Gasteiger charge is 2.22. The Morgan fingerprint density at radius 2 is 2.05 bits per heavy atom. The Labute approximate surface area is 118 Å². The van der Waals surface area contributed by atoms with Crippen LogP contribution in [0.5, 0.6) is 0 Å². The zero-order valence-electron chi connectivity index (χ0n) is 11.8. The van der Waals surface area contributed by atoms with Crippen molar-refractivity contribution >= 4 is 11.9 Å². The third kappa shape index (κ3) is 4.64. The van der Waals surface area contributed by atoms with Gasteiger partial charge in [0, 0.05) is 6.42 Å². The van der Waals surface area contributed by atoms with Crippen molar-refractivity contribution in [2.24, 2.45) is 0 Å². The third-order valence-corrected chi connectivity index (χ3v) is 3.08. The summed E-state index contributed by atoms with van der Waals surface area (Å²) in [5, 5.41) is 11.7. The van der Waals surface area contributed by atoms with Gasteiger partial charge in [-0.3, -0.25) is 4.79 Å². The summed E-state index contributed by atoms with van der Waals surface area (Å²) in [7, 11) is 0. The highest BCUT2D eigenvalue weighted by atomic mass is 19.1. The first-order chi connectivity index (χ1) is 9.45. The summed E-state index contributed by atoms with van der Waals surface area (Å²) in [5.74, 6) is -1.85. The number of unbranched alkanes of at least 4 members (excludes halogenated alkanes) is 2. The van der Waals surface area contributed by atoms with Crippen LogP contribution in [0.3, 0.4) is 0 Å². The van der Waals surface area contributed by atoms with Crippen LogP contribution < -0.4 is 5.32 Å². The Hall–Kier alpha value is -1.91. The quantitative estimate of drug-likeness (QED) is 0.755. The molecule has 20 heavy (non-hydrogen) atoms. The fourth-order valence-electron chi connectivity index (χ4n) is 1.90. The van der Waals surface area contributed by atoms with Crippen molar-refractivity contribution in [3.63, 3.8) is 0 Å². The van der Waals surface area contributed by atoms with Crippen molar-refractivity contribution < 1.29 is 19.1 Å². The topological polar surface area (TPSA) is 66.4 Å². The molecular weight excluding hydrogens is 261 g/mol. The van der Waals surface area contributed by atoms with Gasteiger partial charge in [-0.05, 0) is 30.5 Å². The molecule has 1 aromatic carbocycles. The summed E-state index contributed by atoms with van der Waals surface area (Å²) >= 11 is 0. The number of rotatable bonds is 7. The van der Waals surface area contributed by atoms with Crippen LogP contribution in [0.25, 0.3) is 0 Å².